The summed E-state index contributed by atoms with van der Waals surface area (Å²) < 4.78 is 26.5. The number of rotatable bonds is 6. The molecular formula is C16H27IN4O2S. The Morgan fingerprint density at radius 2 is 1.79 bits per heavy atom. The van der Waals surface area contributed by atoms with Crippen molar-refractivity contribution in [2.24, 2.45) is 4.99 Å². The van der Waals surface area contributed by atoms with Crippen LogP contribution in [-0.4, -0.2) is 45.4 Å². The van der Waals surface area contributed by atoms with E-state index in [1.165, 1.54) is 0 Å². The number of nitrogens with zero attached hydrogens (tertiary/aromatic N) is 2. The summed E-state index contributed by atoms with van der Waals surface area (Å²) in [6.07, 6.45) is 2.93. The lowest BCUT2D eigenvalue weighted by atomic mass is 10.2. The highest BCUT2D eigenvalue weighted by Gasteiger charge is 2.26. The lowest BCUT2D eigenvalue weighted by Gasteiger charge is -2.16. The molecule has 1 fully saturated rings. The van der Waals surface area contributed by atoms with Crippen LogP contribution >= 0.6 is 24.0 Å². The average Bonchev–Trinajstić information content (AvgIpc) is 3.11. The van der Waals surface area contributed by atoms with Crippen molar-refractivity contribution in [3.05, 3.63) is 29.8 Å². The predicted octanol–water partition coefficient (Wildman–Crippen LogP) is 2.16. The van der Waals surface area contributed by atoms with E-state index in [-0.39, 0.29) is 24.0 Å². The Balaban J connectivity index is 0.00000288. The van der Waals surface area contributed by atoms with Crippen LogP contribution in [0.25, 0.3) is 0 Å². The van der Waals surface area contributed by atoms with Crippen LogP contribution < -0.4 is 10.6 Å². The molecule has 1 aromatic carbocycles. The Morgan fingerprint density at radius 3 is 2.33 bits per heavy atom. The van der Waals surface area contributed by atoms with Crippen molar-refractivity contribution in [3.8, 4) is 0 Å². The first-order valence-corrected chi connectivity index (χ1v) is 9.55. The molecular weight excluding hydrogens is 439 g/mol. The second-order valence-corrected chi connectivity index (χ2v) is 7.55. The van der Waals surface area contributed by atoms with Gasteiger partial charge in [0.2, 0.25) is 10.0 Å². The van der Waals surface area contributed by atoms with Gasteiger partial charge in [-0.1, -0.05) is 19.1 Å². The largest absolute Gasteiger partial charge is 0.356 e. The number of hydrogen-bond donors (Lipinski definition) is 2. The number of nitrogens with one attached hydrogen (secondary N) is 2. The lowest BCUT2D eigenvalue weighted by molar-refractivity contribution is 0.477. The van der Waals surface area contributed by atoms with Crippen molar-refractivity contribution in [1.82, 2.24) is 14.9 Å². The first-order chi connectivity index (χ1) is 11.1. The minimum absolute atomic E-state index is 0. The maximum Gasteiger partial charge on any atom is 0.243 e. The number of halogens is 1. The molecule has 0 saturated carbocycles. The van der Waals surface area contributed by atoms with E-state index in [1.54, 1.807) is 23.5 Å². The first-order valence-electron chi connectivity index (χ1n) is 8.11. The third-order valence-electron chi connectivity index (χ3n) is 3.85. The molecule has 1 aliphatic rings. The van der Waals surface area contributed by atoms with Crippen LogP contribution in [0.3, 0.4) is 0 Å². The number of guanidine groups is 1. The van der Waals surface area contributed by atoms with Gasteiger partial charge in [0.15, 0.2) is 5.96 Å². The Morgan fingerprint density at radius 1 is 1.17 bits per heavy atom. The Labute approximate surface area is 162 Å². The summed E-state index contributed by atoms with van der Waals surface area (Å²) in [5.74, 6) is 0.751. The summed E-state index contributed by atoms with van der Waals surface area (Å²) in [5, 5.41) is 6.41. The summed E-state index contributed by atoms with van der Waals surface area (Å²) in [4.78, 5) is 4.51. The summed E-state index contributed by atoms with van der Waals surface area (Å²) >= 11 is 0. The Kier molecular flexibility index (Phi) is 8.99. The average molecular weight is 466 g/mol. The third-order valence-corrected chi connectivity index (χ3v) is 5.77. The van der Waals surface area contributed by atoms with E-state index in [0.29, 0.717) is 24.5 Å². The van der Waals surface area contributed by atoms with Gasteiger partial charge in [0.1, 0.15) is 0 Å². The van der Waals surface area contributed by atoms with Gasteiger partial charge in [-0.3, -0.25) is 4.99 Å². The fraction of sp³-hybridized carbons (Fsp3) is 0.562. The monoisotopic (exact) mass is 466 g/mol. The lowest BCUT2D eigenvalue weighted by Crippen LogP contribution is -2.37. The van der Waals surface area contributed by atoms with Gasteiger partial charge in [0.05, 0.1) is 4.90 Å². The highest BCUT2D eigenvalue weighted by atomic mass is 127. The molecule has 2 N–H and O–H groups in total. The van der Waals surface area contributed by atoms with Gasteiger partial charge in [0, 0.05) is 33.2 Å². The van der Waals surface area contributed by atoms with Crippen molar-refractivity contribution >= 4 is 40.0 Å². The van der Waals surface area contributed by atoms with Crippen LogP contribution in [0.2, 0.25) is 0 Å². The van der Waals surface area contributed by atoms with E-state index in [2.05, 4.69) is 22.5 Å². The number of sulfonamides is 1. The van der Waals surface area contributed by atoms with Gasteiger partial charge in [0.25, 0.3) is 0 Å². The number of hydrogen-bond acceptors (Lipinski definition) is 3. The van der Waals surface area contributed by atoms with E-state index in [4.69, 9.17) is 0 Å². The third kappa shape index (κ3) is 5.59. The highest BCUT2D eigenvalue weighted by Crippen LogP contribution is 2.20. The molecule has 24 heavy (non-hydrogen) atoms. The smallest absolute Gasteiger partial charge is 0.243 e. The van der Waals surface area contributed by atoms with Crippen LogP contribution in [0.15, 0.2) is 34.2 Å². The molecule has 6 nitrogen and oxygen atoms in total. The molecule has 1 saturated heterocycles. The summed E-state index contributed by atoms with van der Waals surface area (Å²) in [7, 11) is -1.59. The zero-order chi connectivity index (χ0) is 16.7. The molecule has 0 amide bonds. The molecule has 0 bridgehead atoms. The van der Waals surface area contributed by atoms with Gasteiger partial charge < -0.3 is 10.6 Å². The minimum Gasteiger partial charge on any atom is -0.356 e. The Bertz CT molecular complexity index is 626. The van der Waals surface area contributed by atoms with Crippen molar-refractivity contribution in [1.29, 1.82) is 0 Å². The minimum atomic E-state index is -3.33. The molecule has 136 valence electrons. The van der Waals surface area contributed by atoms with Crippen LogP contribution in [0, 0.1) is 0 Å². The van der Waals surface area contributed by atoms with Crippen molar-refractivity contribution in [3.63, 3.8) is 0 Å². The van der Waals surface area contributed by atoms with Crippen LogP contribution in [0.1, 0.15) is 31.7 Å². The zero-order valence-corrected chi connectivity index (χ0v) is 17.4. The van der Waals surface area contributed by atoms with Gasteiger partial charge in [-0.2, -0.15) is 4.31 Å². The van der Waals surface area contributed by atoms with Crippen molar-refractivity contribution in [2.45, 2.75) is 37.6 Å². The SMILES string of the molecule is CCCNC(=NC)NCc1ccc(S(=O)(=O)N2CCCC2)cc1.I. The maximum atomic E-state index is 12.5. The topological polar surface area (TPSA) is 73.8 Å². The van der Waals surface area contributed by atoms with Crippen LogP contribution in [-0.2, 0) is 16.6 Å². The van der Waals surface area contributed by atoms with Gasteiger partial charge in [-0.25, -0.2) is 8.42 Å². The molecule has 0 atom stereocenters. The second kappa shape index (κ2) is 10.2. The van der Waals surface area contributed by atoms with Gasteiger partial charge >= 0.3 is 0 Å². The molecule has 0 spiro atoms. The number of benzene rings is 1. The first kappa shape index (κ1) is 21.2. The van der Waals surface area contributed by atoms with E-state index in [0.717, 1.165) is 37.3 Å². The molecule has 2 rings (SSSR count). The van der Waals surface area contributed by atoms with Crippen molar-refractivity contribution < 1.29 is 8.42 Å². The van der Waals surface area contributed by atoms with E-state index in [1.807, 2.05) is 12.1 Å². The van der Waals surface area contributed by atoms with E-state index in [9.17, 15) is 8.42 Å². The summed E-state index contributed by atoms with van der Waals surface area (Å²) in [5.41, 5.74) is 1.02. The fourth-order valence-electron chi connectivity index (χ4n) is 2.51. The predicted molar refractivity (Wildman–Crippen MR) is 108 cm³/mol. The molecule has 1 aromatic rings. The molecule has 0 radical (unpaired) electrons. The molecule has 0 aliphatic carbocycles. The van der Waals surface area contributed by atoms with Crippen molar-refractivity contribution in [2.75, 3.05) is 26.7 Å². The molecule has 1 aliphatic heterocycles. The normalized spacial score (nSPS) is 15.8. The summed E-state index contributed by atoms with van der Waals surface area (Å²) in [6, 6.07) is 7.08. The molecule has 0 unspecified atom stereocenters. The summed E-state index contributed by atoms with van der Waals surface area (Å²) in [6.45, 7) is 4.83. The van der Waals surface area contributed by atoms with Crippen LogP contribution in [0.5, 0.6) is 0 Å². The highest BCUT2D eigenvalue weighted by molar-refractivity contribution is 14.0. The fourth-order valence-corrected chi connectivity index (χ4v) is 4.02. The van der Waals surface area contributed by atoms with Gasteiger partial charge in [-0.15, -0.1) is 24.0 Å². The number of aliphatic imine (C=N–C) groups is 1. The van der Waals surface area contributed by atoms with Gasteiger partial charge in [-0.05, 0) is 37.0 Å². The van der Waals surface area contributed by atoms with E-state index < -0.39 is 10.0 Å². The molecule has 1 heterocycles. The standard InChI is InChI=1S/C16H26N4O2S.HI/c1-3-10-18-16(17-2)19-13-14-6-8-15(9-7-14)23(21,22)20-11-4-5-12-20;/h6-9H,3-5,10-13H2,1-2H3,(H2,17,18,19);1H. The van der Waals surface area contributed by atoms with Crippen LogP contribution in [0.4, 0.5) is 0 Å². The zero-order valence-electron chi connectivity index (χ0n) is 14.3. The van der Waals surface area contributed by atoms with E-state index >= 15 is 0 Å². The second-order valence-electron chi connectivity index (χ2n) is 5.61. The maximum absolute atomic E-state index is 12.5. The molecule has 8 heteroatoms. The molecule has 0 aromatic heterocycles. The quantitative estimate of drug-likeness (QED) is 0.383. The Hall–Kier alpha value is -0.870.